The Morgan fingerprint density at radius 3 is 2.48 bits per heavy atom. The van der Waals surface area contributed by atoms with E-state index in [1.807, 2.05) is 4.68 Å². The molecule has 4 rings (SSSR count). The number of nitrogens with one attached hydrogen (secondary N) is 1. The number of rotatable bonds is 6. The number of methoxy groups -OCH3 is 2. The van der Waals surface area contributed by atoms with Gasteiger partial charge >= 0.3 is 0 Å². The van der Waals surface area contributed by atoms with Crippen LogP contribution in [-0.2, 0) is 4.79 Å². The largest absolute Gasteiger partial charge is 0.495 e. The summed E-state index contributed by atoms with van der Waals surface area (Å²) in [5.74, 6) is 1.32. The van der Waals surface area contributed by atoms with Crippen LogP contribution in [0.5, 0.6) is 11.5 Å². The molecular weight excluding hydrogens is 466 g/mol. The number of amides is 2. The van der Waals surface area contributed by atoms with E-state index in [0.29, 0.717) is 58.2 Å². The van der Waals surface area contributed by atoms with Crippen LogP contribution in [0.25, 0.3) is 11.3 Å². The zero-order valence-electron chi connectivity index (χ0n) is 17.4. The molecule has 1 fully saturated rings. The predicted octanol–water partition coefficient (Wildman–Crippen LogP) is 2.43. The van der Waals surface area contributed by atoms with E-state index < -0.39 is 5.91 Å². The van der Waals surface area contributed by atoms with Crippen molar-refractivity contribution in [2.24, 2.45) is 11.7 Å². The number of primary amides is 1. The van der Waals surface area contributed by atoms with Crippen LogP contribution >= 0.6 is 15.9 Å². The summed E-state index contributed by atoms with van der Waals surface area (Å²) in [5.41, 5.74) is 7.22. The van der Waals surface area contributed by atoms with E-state index >= 15 is 0 Å². The summed E-state index contributed by atoms with van der Waals surface area (Å²) in [6.07, 6.45) is 2.16. The summed E-state index contributed by atoms with van der Waals surface area (Å²) in [6.45, 7) is 5.50. The molecule has 0 bridgehead atoms. The molecule has 1 unspecified atom stereocenters. The molecule has 1 saturated heterocycles. The Kier molecular flexibility index (Phi) is 5.65. The Morgan fingerprint density at radius 2 is 1.94 bits per heavy atom. The van der Waals surface area contributed by atoms with Crippen LogP contribution in [0.15, 0.2) is 29.3 Å². The number of carbonyl (C=O) groups is 2. The summed E-state index contributed by atoms with van der Waals surface area (Å²) in [4.78, 5) is 26.0. The maximum absolute atomic E-state index is 12.4. The summed E-state index contributed by atoms with van der Waals surface area (Å²) in [6, 6.07) is 3.63. The molecule has 3 N–H and O–H groups in total. The maximum atomic E-state index is 12.4. The average molecular weight is 490 g/mol. The molecule has 1 aromatic heterocycles. The third kappa shape index (κ3) is 3.54. The van der Waals surface area contributed by atoms with Gasteiger partial charge in [0.1, 0.15) is 33.0 Å². The molecular formula is C21H24BrN5O4. The average Bonchev–Trinajstić information content (AvgIpc) is 3.13. The highest BCUT2D eigenvalue weighted by molar-refractivity contribution is 9.10. The van der Waals surface area contributed by atoms with Gasteiger partial charge in [0.25, 0.3) is 5.91 Å². The van der Waals surface area contributed by atoms with E-state index in [4.69, 9.17) is 20.3 Å². The monoisotopic (exact) mass is 489 g/mol. The second-order valence-corrected chi connectivity index (χ2v) is 8.36. The Balaban J connectivity index is 1.77. The number of halogens is 1. The predicted molar refractivity (Wildman–Crippen MR) is 119 cm³/mol. The van der Waals surface area contributed by atoms with Crippen LogP contribution < -0.4 is 20.5 Å². The normalized spacial score (nSPS) is 17.9. The number of aromatic nitrogens is 2. The van der Waals surface area contributed by atoms with E-state index in [0.717, 1.165) is 6.42 Å². The molecule has 2 aromatic rings. The first-order chi connectivity index (χ1) is 14.9. The van der Waals surface area contributed by atoms with Crippen molar-refractivity contribution in [2.45, 2.75) is 12.5 Å². The molecule has 31 heavy (non-hydrogen) atoms. The van der Waals surface area contributed by atoms with Gasteiger partial charge in [0.05, 0.1) is 20.3 Å². The number of benzene rings is 1. The summed E-state index contributed by atoms with van der Waals surface area (Å²) in [7, 11) is 3.11. The lowest BCUT2D eigenvalue weighted by Crippen LogP contribution is -2.53. The molecule has 0 radical (unpaired) electrons. The van der Waals surface area contributed by atoms with Gasteiger partial charge in [-0.05, 0) is 40.6 Å². The summed E-state index contributed by atoms with van der Waals surface area (Å²) < 4.78 is 13.4. The third-order valence-corrected chi connectivity index (χ3v) is 6.64. The van der Waals surface area contributed by atoms with Crippen molar-refractivity contribution < 1.29 is 19.1 Å². The first kappa shape index (κ1) is 21.2. The van der Waals surface area contributed by atoms with Gasteiger partial charge in [-0.2, -0.15) is 5.10 Å². The van der Waals surface area contributed by atoms with Crippen LogP contribution in [0.1, 0.15) is 22.8 Å². The first-order valence-corrected chi connectivity index (χ1v) is 10.7. The number of carbonyl (C=O) groups excluding carboxylic acids is 2. The lowest BCUT2D eigenvalue weighted by atomic mass is 9.88. The Morgan fingerprint density at radius 1 is 1.29 bits per heavy atom. The van der Waals surface area contributed by atoms with Crippen LogP contribution in [-0.4, -0.2) is 60.3 Å². The highest BCUT2D eigenvalue weighted by Crippen LogP contribution is 2.43. The van der Waals surface area contributed by atoms with Crippen molar-refractivity contribution >= 4 is 33.6 Å². The quantitative estimate of drug-likeness (QED) is 0.602. The lowest BCUT2D eigenvalue weighted by Gasteiger charge is -2.44. The van der Waals surface area contributed by atoms with Crippen LogP contribution in [0, 0.1) is 5.92 Å². The van der Waals surface area contributed by atoms with Crippen LogP contribution in [0.4, 0.5) is 5.82 Å². The third-order valence-electron chi connectivity index (χ3n) is 5.86. The minimum atomic E-state index is -0.567. The van der Waals surface area contributed by atoms with Gasteiger partial charge in [-0.25, -0.2) is 4.68 Å². The molecule has 3 heterocycles. The topological polar surface area (TPSA) is 112 Å². The standard InChI is InChI=1S/C21H24BrN5O4/c1-4-16(28)26-9-12(10-26)13-5-6-24-21-17(20(23)29)19(25-27(13)21)11-7-14(30-2)18(22)15(8-11)31-3/h4,7-8,12-13,24H,1,5-6,9-10H2,2-3H3,(H2,23,29). The summed E-state index contributed by atoms with van der Waals surface area (Å²) in [5, 5.41) is 8.08. The number of nitrogens with zero attached hydrogens (tertiary/aromatic N) is 3. The van der Waals surface area contributed by atoms with E-state index in [2.05, 4.69) is 27.8 Å². The second kappa shape index (κ2) is 8.26. The molecule has 0 spiro atoms. The number of ether oxygens (including phenoxy) is 2. The zero-order chi connectivity index (χ0) is 22.3. The van der Waals surface area contributed by atoms with E-state index in [1.165, 1.54) is 6.08 Å². The van der Waals surface area contributed by atoms with Gasteiger partial charge in [-0.3, -0.25) is 9.59 Å². The Bertz CT molecular complexity index is 1040. The summed E-state index contributed by atoms with van der Waals surface area (Å²) >= 11 is 3.46. The van der Waals surface area contributed by atoms with E-state index in [1.54, 1.807) is 31.3 Å². The number of likely N-dealkylation sites (tertiary alicyclic amines) is 1. The minimum Gasteiger partial charge on any atom is -0.495 e. The van der Waals surface area contributed by atoms with E-state index in [9.17, 15) is 9.59 Å². The number of fused-ring (bicyclic) bond motifs is 1. The lowest BCUT2D eigenvalue weighted by molar-refractivity contribution is -0.133. The van der Waals surface area contributed by atoms with E-state index in [-0.39, 0.29) is 17.9 Å². The maximum Gasteiger partial charge on any atom is 0.254 e. The number of nitrogens with two attached hydrogens (primary N) is 1. The molecule has 9 nitrogen and oxygen atoms in total. The van der Waals surface area contributed by atoms with Crippen molar-refractivity contribution in [3.63, 3.8) is 0 Å². The SMILES string of the molecule is C=CC(=O)N1CC(C2CCNc3c(C(N)=O)c(-c4cc(OC)c(Br)c(OC)c4)nn32)C1. The van der Waals surface area contributed by atoms with Crippen molar-refractivity contribution in [3.8, 4) is 22.8 Å². The van der Waals surface area contributed by atoms with Crippen molar-refractivity contribution in [2.75, 3.05) is 39.2 Å². The van der Waals surface area contributed by atoms with Crippen molar-refractivity contribution in [1.82, 2.24) is 14.7 Å². The number of anilines is 1. The van der Waals surface area contributed by atoms with Gasteiger partial charge in [-0.1, -0.05) is 6.58 Å². The fourth-order valence-electron chi connectivity index (χ4n) is 4.25. The van der Waals surface area contributed by atoms with Gasteiger partial charge < -0.3 is 25.4 Å². The molecule has 1 aromatic carbocycles. The molecule has 164 valence electrons. The number of hydrogen-bond acceptors (Lipinski definition) is 6. The van der Waals surface area contributed by atoms with Crippen molar-refractivity contribution in [1.29, 1.82) is 0 Å². The Labute approximate surface area is 188 Å². The highest BCUT2D eigenvalue weighted by Gasteiger charge is 2.40. The molecule has 2 aliphatic rings. The second-order valence-electron chi connectivity index (χ2n) is 7.57. The Hall–Kier alpha value is -3.01. The zero-order valence-corrected chi connectivity index (χ0v) is 18.9. The molecule has 10 heteroatoms. The van der Waals surface area contributed by atoms with Gasteiger partial charge in [-0.15, -0.1) is 0 Å². The number of hydrogen-bond donors (Lipinski definition) is 2. The van der Waals surface area contributed by atoms with Crippen molar-refractivity contribution in [3.05, 3.63) is 34.8 Å². The molecule has 2 amide bonds. The highest BCUT2D eigenvalue weighted by atomic mass is 79.9. The van der Waals surface area contributed by atoms with Gasteiger partial charge in [0.2, 0.25) is 5.91 Å². The van der Waals surface area contributed by atoms with Crippen LogP contribution in [0.3, 0.4) is 0 Å². The first-order valence-electron chi connectivity index (χ1n) is 9.89. The molecule has 0 aliphatic carbocycles. The molecule has 1 atom stereocenters. The molecule has 0 saturated carbocycles. The van der Waals surface area contributed by atoms with Gasteiger partial charge in [0, 0.05) is 31.1 Å². The fraction of sp³-hybridized carbons (Fsp3) is 0.381. The smallest absolute Gasteiger partial charge is 0.254 e. The van der Waals surface area contributed by atoms with Gasteiger partial charge in [0.15, 0.2) is 0 Å². The molecule has 2 aliphatic heterocycles. The fourth-order valence-corrected chi connectivity index (χ4v) is 4.80. The minimum absolute atomic E-state index is 0.0520. The van der Waals surface area contributed by atoms with Crippen LogP contribution in [0.2, 0.25) is 0 Å².